The van der Waals surface area contributed by atoms with Crippen LogP contribution >= 0.6 is 9.24 Å². The molecule has 1 fully saturated rings. The number of pyridine rings is 1. The van der Waals surface area contributed by atoms with Crippen molar-refractivity contribution in [3.8, 4) is 16.9 Å². The van der Waals surface area contributed by atoms with E-state index in [4.69, 9.17) is 5.73 Å². The molecular formula is C21H21FN5O2P. The van der Waals surface area contributed by atoms with Crippen molar-refractivity contribution in [1.29, 1.82) is 0 Å². The molecule has 30 heavy (non-hydrogen) atoms. The van der Waals surface area contributed by atoms with Crippen molar-refractivity contribution in [2.24, 2.45) is 5.73 Å². The largest absolute Gasteiger partial charge is 0.506 e. The smallest absolute Gasteiger partial charge is 0.252 e. The van der Waals surface area contributed by atoms with E-state index in [-0.39, 0.29) is 11.3 Å². The minimum Gasteiger partial charge on any atom is -0.506 e. The number of nitrogens with two attached hydrogens (primary N) is 1. The van der Waals surface area contributed by atoms with Crippen molar-refractivity contribution in [2.75, 3.05) is 11.9 Å². The highest BCUT2D eigenvalue weighted by Crippen LogP contribution is 2.44. The maximum absolute atomic E-state index is 13.8. The van der Waals surface area contributed by atoms with Gasteiger partial charge in [0, 0.05) is 41.7 Å². The van der Waals surface area contributed by atoms with Crippen LogP contribution in [-0.2, 0) is 5.41 Å². The molecule has 0 saturated heterocycles. The number of anilines is 1. The lowest BCUT2D eigenvalue weighted by Gasteiger charge is -2.44. The second-order valence-corrected chi connectivity index (χ2v) is 8.06. The Morgan fingerprint density at radius 2 is 1.97 bits per heavy atom. The Bertz CT molecular complexity index is 1090. The van der Waals surface area contributed by atoms with Crippen LogP contribution in [0.5, 0.6) is 5.75 Å². The van der Waals surface area contributed by atoms with Crippen LogP contribution in [0.1, 0.15) is 28.9 Å². The fourth-order valence-corrected chi connectivity index (χ4v) is 4.34. The van der Waals surface area contributed by atoms with Crippen molar-refractivity contribution >= 4 is 26.4 Å². The average Bonchev–Trinajstić information content (AvgIpc) is 2.71. The third-order valence-electron chi connectivity index (χ3n) is 5.41. The predicted octanol–water partition coefficient (Wildman–Crippen LogP) is 2.33. The Labute approximate surface area is 175 Å². The SMILES string of the molecule is NC(=O)c1cccc(-c2cnc(NC[C@]3(c4ncccc4P)C[C@H](F)C3)nc2)c1O. The zero-order valence-corrected chi connectivity index (χ0v) is 17.2. The normalized spacial score (nSPS) is 20.4. The number of carbonyl (C=O) groups excluding carboxylic acids is 1. The number of halogens is 1. The number of alkyl halides is 1. The van der Waals surface area contributed by atoms with E-state index in [0.29, 0.717) is 36.5 Å². The molecule has 3 aromatic rings. The first kappa shape index (κ1) is 20.2. The predicted molar refractivity (Wildman–Crippen MR) is 116 cm³/mol. The summed E-state index contributed by atoms with van der Waals surface area (Å²) in [4.78, 5) is 24.5. The highest BCUT2D eigenvalue weighted by Gasteiger charge is 2.47. The first-order valence-electron chi connectivity index (χ1n) is 9.43. The van der Waals surface area contributed by atoms with Crippen LogP contribution in [0, 0.1) is 0 Å². The molecule has 1 aromatic carbocycles. The third-order valence-corrected chi connectivity index (χ3v) is 5.88. The Morgan fingerprint density at radius 1 is 1.23 bits per heavy atom. The van der Waals surface area contributed by atoms with Crippen molar-refractivity contribution in [3.05, 3.63) is 60.2 Å². The maximum Gasteiger partial charge on any atom is 0.252 e. The van der Waals surface area contributed by atoms with Crippen LogP contribution in [0.25, 0.3) is 11.1 Å². The first-order chi connectivity index (χ1) is 14.4. The van der Waals surface area contributed by atoms with Crippen LogP contribution in [0.2, 0.25) is 0 Å². The van der Waals surface area contributed by atoms with Gasteiger partial charge in [-0.05, 0) is 30.3 Å². The van der Waals surface area contributed by atoms with Gasteiger partial charge in [0.1, 0.15) is 11.9 Å². The van der Waals surface area contributed by atoms with Gasteiger partial charge in [0.2, 0.25) is 5.95 Å². The summed E-state index contributed by atoms with van der Waals surface area (Å²) in [5.74, 6) is -0.541. The van der Waals surface area contributed by atoms with Crippen LogP contribution in [0.3, 0.4) is 0 Å². The molecular weight excluding hydrogens is 404 g/mol. The van der Waals surface area contributed by atoms with Crippen molar-refractivity contribution in [3.63, 3.8) is 0 Å². The lowest BCUT2D eigenvalue weighted by atomic mass is 9.65. The number of para-hydroxylation sites is 1. The van der Waals surface area contributed by atoms with E-state index in [1.54, 1.807) is 30.7 Å². The average molecular weight is 425 g/mol. The van der Waals surface area contributed by atoms with Crippen LogP contribution in [0.15, 0.2) is 48.9 Å². The van der Waals surface area contributed by atoms with Crippen LogP contribution in [-0.4, -0.2) is 38.7 Å². The molecule has 0 bridgehead atoms. The summed E-state index contributed by atoms with van der Waals surface area (Å²) in [6, 6.07) is 8.52. The lowest BCUT2D eigenvalue weighted by Crippen LogP contribution is -2.50. The summed E-state index contributed by atoms with van der Waals surface area (Å²) in [6.07, 6.45) is 4.75. The molecule has 4 N–H and O–H groups in total. The minimum absolute atomic E-state index is 0.0333. The molecule has 0 spiro atoms. The molecule has 4 rings (SSSR count). The quantitative estimate of drug-likeness (QED) is 0.523. The van der Waals surface area contributed by atoms with E-state index in [1.807, 2.05) is 12.1 Å². The maximum atomic E-state index is 13.8. The number of aromatic nitrogens is 3. The first-order valence-corrected chi connectivity index (χ1v) is 10.0. The number of hydrogen-bond acceptors (Lipinski definition) is 6. The molecule has 7 nitrogen and oxygen atoms in total. The lowest BCUT2D eigenvalue weighted by molar-refractivity contribution is 0.0995. The van der Waals surface area contributed by atoms with E-state index in [0.717, 1.165) is 11.0 Å². The molecule has 154 valence electrons. The van der Waals surface area contributed by atoms with Gasteiger partial charge in [0.05, 0.1) is 11.3 Å². The number of phenols is 1. The Hall–Kier alpha value is -3.12. The fourth-order valence-electron chi connectivity index (χ4n) is 3.85. The number of hydrogen-bond donors (Lipinski definition) is 3. The number of nitrogens with one attached hydrogen (secondary N) is 1. The molecule has 1 aliphatic rings. The molecule has 1 aliphatic carbocycles. The number of rotatable bonds is 6. The summed E-state index contributed by atoms with van der Waals surface area (Å²) in [5.41, 5.74) is 6.72. The Balaban J connectivity index is 1.52. The topological polar surface area (TPSA) is 114 Å². The zero-order valence-electron chi connectivity index (χ0n) is 16.0. The van der Waals surface area contributed by atoms with E-state index in [2.05, 4.69) is 29.5 Å². The highest BCUT2D eigenvalue weighted by molar-refractivity contribution is 7.27. The van der Waals surface area contributed by atoms with Gasteiger partial charge in [-0.15, -0.1) is 9.24 Å². The van der Waals surface area contributed by atoms with Gasteiger partial charge < -0.3 is 16.2 Å². The second-order valence-electron chi connectivity index (χ2n) is 7.44. The number of amides is 1. The van der Waals surface area contributed by atoms with Gasteiger partial charge in [-0.3, -0.25) is 9.78 Å². The van der Waals surface area contributed by atoms with Gasteiger partial charge in [-0.25, -0.2) is 14.4 Å². The van der Waals surface area contributed by atoms with Crippen molar-refractivity contribution in [2.45, 2.75) is 24.4 Å². The summed E-state index contributed by atoms with van der Waals surface area (Å²) in [7, 11) is 2.66. The van der Waals surface area contributed by atoms with Gasteiger partial charge >= 0.3 is 0 Å². The summed E-state index contributed by atoms with van der Waals surface area (Å²) in [5, 5.41) is 14.4. The van der Waals surface area contributed by atoms with Gasteiger partial charge in [0.25, 0.3) is 5.91 Å². The molecule has 1 saturated carbocycles. The molecule has 2 heterocycles. The van der Waals surface area contributed by atoms with Crippen molar-refractivity contribution < 1.29 is 14.3 Å². The monoisotopic (exact) mass is 425 g/mol. The second kappa shape index (κ2) is 7.95. The summed E-state index contributed by atoms with van der Waals surface area (Å²) >= 11 is 0. The molecule has 0 aliphatic heterocycles. The Morgan fingerprint density at radius 3 is 2.60 bits per heavy atom. The van der Waals surface area contributed by atoms with E-state index in [9.17, 15) is 14.3 Å². The van der Waals surface area contributed by atoms with E-state index in [1.165, 1.54) is 6.07 Å². The number of nitrogens with zero attached hydrogens (tertiary/aromatic N) is 3. The number of benzene rings is 1. The third kappa shape index (κ3) is 3.71. The van der Waals surface area contributed by atoms with Gasteiger partial charge in [-0.1, -0.05) is 18.2 Å². The number of primary amides is 1. The highest BCUT2D eigenvalue weighted by atomic mass is 31.0. The molecule has 1 amide bonds. The number of carbonyl (C=O) groups is 1. The number of aromatic hydroxyl groups is 1. The molecule has 0 radical (unpaired) electrons. The van der Waals surface area contributed by atoms with Crippen molar-refractivity contribution in [1.82, 2.24) is 15.0 Å². The molecule has 1 unspecified atom stereocenters. The van der Waals surface area contributed by atoms with Gasteiger partial charge in [0.15, 0.2) is 0 Å². The standard InChI is InChI=1S/C21H21FN5O2P/c22-13-7-21(8-13,18-16(30)5-2-6-24-18)11-27-20-25-9-12(10-26-20)14-3-1-4-15(17(14)28)19(23)29/h1-6,9-10,13,28H,7-8,11,30H2,(H2,23,29)(H,25,26,27)/t13-,21-. The zero-order chi connectivity index (χ0) is 21.3. The minimum atomic E-state index is -0.845. The van der Waals surface area contributed by atoms with Gasteiger partial charge in [-0.2, -0.15) is 0 Å². The van der Waals surface area contributed by atoms with Crippen LogP contribution < -0.4 is 16.4 Å². The van der Waals surface area contributed by atoms with Crippen LogP contribution in [0.4, 0.5) is 10.3 Å². The molecule has 9 heteroatoms. The molecule has 2 aromatic heterocycles. The summed E-state index contributed by atoms with van der Waals surface area (Å²) < 4.78 is 13.8. The fraction of sp³-hybridized carbons (Fsp3) is 0.238. The van der Waals surface area contributed by atoms with E-state index >= 15 is 0 Å². The molecule has 1 atom stereocenters. The Kier molecular flexibility index (Phi) is 5.35. The summed E-state index contributed by atoms with van der Waals surface area (Å²) in [6.45, 7) is 0.452. The van der Waals surface area contributed by atoms with E-state index < -0.39 is 17.5 Å².